The standard InChI is InChI=1S/C54H35NO2/c1-3-14-38-34(12-1)28-32-42-39(18-9-19-41(38)42)36-26-30-37(31-27-36)55(50-24-11-22-46-44-17-6-8-25-51(44)56-54(46)50)49-23-7-5-16-43(49)45-20-10-21-47-48-33-29-35-13-2-4-15-40(35)52(48)57-53(45)47/h1-18,20-33,41H,19H2. The number of hydrogen-bond acceptors (Lipinski definition) is 3. The molecule has 3 nitrogen and oxygen atoms in total. The number of allylic oxidation sites excluding steroid dienone is 5. The minimum absolute atomic E-state index is 0.360. The van der Waals surface area contributed by atoms with E-state index in [2.05, 4.69) is 193 Å². The van der Waals surface area contributed by atoms with Crippen molar-refractivity contribution in [2.75, 3.05) is 4.90 Å². The Kier molecular flexibility index (Phi) is 7.05. The Bertz CT molecular complexity index is 3340. The van der Waals surface area contributed by atoms with E-state index < -0.39 is 0 Å². The van der Waals surface area contributed by atoms with Crippen molar-refractivity contribution in [1.82, 2.24) is 0 Å². The fraction of sp³-hybridized carbons (Fsp3) is 0.0370. The topological polar surface area (TPSA) is 29.5 Å². The van der Waals surface area contributed by atoms with Gasteiger partial charge in [-0.05, 0) is 76.0 Å². The summed E-state index contributed by atoms with van der Waals surface area (Å²) >= 11 is 0. The van der Waals surface area contributed by atoms with E-state index in [0.717, 1.165) is 83.9 Å². The molecule has 268 valence electrons. The Morgan fingerprint density at radius 3 is 2.09 bits per heavy atom. The predicted octanol–water partition coefficient (Wildman–Crippen LogP) is 15.3. The SMILES string of the molecule is C1=CC(c2ccc(N(c3ccccc3-c3cccc4c3oc3c5ccccc5ccc43)c3cccc4c3oc3ccccc34)cc2)=C2C=Cc3ccccc3C2C1. The predicted molar refractivity (Wildman–Crippen MR) is 238 cm³/mol. The maximum Gasteiger partial charge on any atom is 0.159 e. The molecule has 2 heterocycles. The highest BCUT2D eigenvalue weighted by molar-refractivity contribution is 6.18. The molecule has 10 aromatic rings. The number of para-hydroxylation sites is 4. The zero-order valence-electron chi connectivity index (χ0n) is 31.0. The number of rotatable bonds is 5. The zero-order valence-corrected chi connectivity index (χ0v) is 31.0. The van der Waals surface area contributed by atoms with Crippen LogP contribution < -0.4 is 4.90 Å². The van der Waals surface area contributed by atoms with Crippen molar-refractivity contribution in [3.05, 3.63) is 210 Å². The maximum absolute atomic E-state index is 6.90. The number of fused-ring (bicyclic) bond motifs is 11. The Morgan fingerprint density at radius 2 is 1.16 bits per heavy atom. The van der Waals surface area contributed by atoms with Crippen molar-refractivity contribution < 1.29 is 8.83 Å². The second-order valence-corrected chi connectivity index (χ2v) is 15.1. The summed E-state index contributed by atoms with van der Waals surface area (Å²) in [5, 5.41) is 6.69. The quantitative estimate of drug-likeness (QED) is 0.177. The van der Waals surface area contributed by atoms with Crippen LogP contribution in [0, 0.1) is 0 Å². The lowest BCUT2D eigenvalue weighted by Gasteiger charge is -2.29. The second-order valence-electron chi connectivity index (χ2n) is 15.1. The average molecular weight is 730 g/mol. The van der Waals surface area contributed by atoms with Gasteiger partial charge in [-0.1, -0.05) is 158 Å². The van der Waals surface area contributed by atoms with Gasteiger partial charge in [0.05, 0.1) is 11.4 Å². The van der Waals surface area contributed by atoms with Crippen molar-refractivity contribution in [3.8, 4) is 11.1 Å². The molecule has 1 unspecified atom stereocenters. The van der Waals surface area contributed by atoms with E-state index in [4.69, 9.17) is 8.83 Å². The lowest BCUT2D eigenvalue weighted by molar-refractivity contribution is 0.669. The lowest BCUT2D eigenvalue weighted by Crippen LogP contribution is -2.12. The summed E-state index contributed by atoms with van der Waals surface area (Å²) in [6.07, 6.45) is 10.2. The third-order valence-corrected chi connectivity index (χ3v) is 12.0. The van der Waals surface area contributed by atoms with Gasteiger partial charge in [0.2, 0.25) is 0 Å². The molecule has 8 aromatic carbocycles. The minimum Gasteiger partial charge on any atom is -0.455 e. The third kappa shape index (κ3) is 4.92. The Morgan fingerprint density at radius 1 is 0.456 bits per heavy atom. The summed E-state index contributed by atoms with van der Waals surface area (Å²) in [6.45, 7) is 0. The number of nitrogens with zero attached hydrogens (tertiary/aromatic N) is 1. The van der Waals surface area contributed by atoms with Crippen LogP contribution in [0.3, 0.4) is 0 Å². The highest BCUT2D eigenvalue weighted by atomic mass is 16.3. The number of furan rings is 2. The van der Waals surface area contributed by atoms with Crippen LogP contribution in [-0.2, 0) is 0 Å². The first-order chi connectivity index (χ1) is 28.3. The van der Waals surface area contributed by atoms with Gasteiger partial charge in [-0.2, -0.15) is 0 Å². The summed E-state index contributed by atoms with van der Waals surface area (Å²) in [4.78, 5) is 2.36. The molecule has 2 aliphatic rings. The normalized spacial score (nSPS) is 14.9. The van der Waals surface area contributed by atoms with Gasteiger partial charge in [0, 0.05) is 49.7 Å². The van der Waals surface area contributed by atoms with Gasteiger partial charge in [0.1, 0.15) is 16.7 Å². The van der Waals surface area contributed by atoms with Crippen LogP contribution in [0.15, 0.2) is 202 Å². The van der Waals surface area contributed by atoms with Crippen molar-refractivity contribution >= 4 is 83.4 Å². The van der Waals surface area contributed by atoms with Crippen molar-refractivity contribution in [1.29, 1.82) is 0 Å². The monoisotopic (exact) mass is 729 g/mol. The van der Waals surface area contributed by atoms with Gasteiger partial charge >= 0.3 is 0 Å². The number of benzene rings is 8. The largest absolute Gasteiger partial charge is 0.455 e. The van der Waals surface area contributed by atoms with E-state index >= 15 is 0 Å². The molecule has 0 aliphatic heterocycles. The highest BCUT2D eigenvalue weighted by Crippen LogP contribution is 2.49. The fourth-order valence-corrected chi connectivity index (χ4v) is 9.40. The highest BCUT2D eigenvalue weighted by Gasteiger charge is 2.27. The Balaban J connectivity index is 1.06. The van der Waals surface area contributed by atoms with Gasteiger partial charge in [-0.25, -0.2) is 0 Å². The number of anilines is 3. The van der Waals surface area contributed by atoms with Crippen molar-refractivity contribution in [2.45, 2.75) is 12.3 Å². The molecule has 12 rings (SSSR count). The molecule has 0 N–H and O–H groups in total. The van der Waals surface area contributed by atoms with Gasteiger partial charge in [0.25, 0.3) is 0 Å². The molecule has 0 fully saturated rings. The van der Waals surface area contributed by atoms with Crippen LogP contribution in [0.4, 0.5) is 17.1 Å². The summed E-state index contributed by atoms with van der Waals surface area (Å²) < 4.78 is 13.6. The van der Waals surface area contributed by atoms with Crippen LogP contribution >= 0.6 is 0 Å². The van der Waals surface area contributed by atoms with Crippen molar-refractivity contribution in [3.63, 3.8) is 0 Å². The van der Waals surface area contributed by atoms with E-state index in [-0.39, 0.29) is 0 Å². The van der Waals surface area contributed by atoms with Crippen LogP contribution in [0.5, 0.6) is 0 Å². The van der Waals surface area contributed by atoms with E-state index in [9.17, 15) is 0 Å². The Labute approximate surface area is 329 Å². The third-order valence-electron chi connectivity index (χ3n) is 12.0. The maximum atomic E-state index is 6.90. The molecule has 0 amide bonds. The smallest absolute Gasteiger partial charge is 0.159 e. The molecule has 0 saturated carbocycles. The first-order valence-corrected chi connectivity index (χ1v) is 19.7. The first kappa shape index (κ1) is 31.9. The summed E-state index contributed by atoms with van der Waals surface area (Å²) in [7, 11) is 0. The molecule has 0 bridgehead atoms. The molecular formula is C54H35NO2. The van der Waals surface area contributed by atoms with Gasteiger partial charge < -0.3 is 13.7 Å². The molecule has 0 spiro atoms. The molecular weight excluding hydrogens is 695 g/mol. The van der Waals surface area contributed by atoms with E-state index in [1.165, 1.54) is 33.2 Å². The minimum atomic E-state index is 0.360. The van der Waals surface area contributed by atoms with E-state index in [0.29, 0.717) is 5.92 Å². The molecule has 57 heavy (non-hydrogen) atoms. The Hall–Kier alpha value is -7.36. The second kappa shape index (κ2) is 12.6. The molecule has 0 saturated heterocycles. The first-order valence-electron chi connectivity index (χ1n) is 19.7. The fourth-order valence-electron chi connectivity index (χ4n) is 9.40. The summed E-state index contributed by atoms with van der Waals surface area (Å²) in [6, 6.07) is 60.6. The summed E-state index contributed by atoms with van der Waals surface area (Å²) in [5.41, 5.74) is 15.2. The van der Waals surface area contributed by atoms with E-state index in [1.54, 1.807) is 0 Å². The average Bonchev–Trinajstić information content (AvgIpc) is 3.86. The molecule has 2 aromatic heterocycles. The lowest BCUT2D eigenvalue weighted by atomic mass is 9.76. The van der Waals surface area contributed by atoms with Gasteiger partial charge in [0.15, 0.2) is 5.58 Å². The summed E-state index contributed by atoms with van der Waals surface area (Å²) in [5.74, 6) is 0.360. The van der Waals surface area contributed by atoms with Crippen molar-refractivity contribution in [2.24, 2.45) is 0 Å². The molecule has 2 aliphatic carbocycles. The van der Waals surface area contributed by atoms with Crippen LogP contribution in [0.2, 0.25) is 0 Å². The molecule has 0 radical (unpaired) electrons. The van der Waals surface area contributed by atoms with Gasteiger partial charge in [-0.15, -0.1) is 0 Å². The van der Waals surface area contributed by atoms with E-state index in [1.807, 2.05) is 6.07 Å². The molecule has 1 atom stereocenters. The van der Waals surface area contributed by atoms with Crippen LogP contribution in [-0.4, -0.2) is 0 Å². The van der Waals surface area contributed by atoms with Crippen LogP contribution in [0.1, 0.15) is 29.0 Å². The zero-order chi connectivity index (χ0) is 37.5. The van der Waals surface area contributed by atoms with Gasteiger partial charge in [-0.3, -0.25) is 0 Å². The number of hydrogen-bond donors (Lipinski definition) is 0. The van der Waals surface area contributed by atoms with Crippen LogP contribution in [0.25, 0.3) is 77.4 Å². The molecule has 3 heteroatoms.